The Hall–Kier alpha value is -2.30. The van der Waals surface area contributed by atoms with Gasteiger partial charge in [-0.1, -0.05) is 12.1 Å². The summed E-state index contributed by atoms with van der Waals surface area (Å²) in [5.74, 6) is 3.61. The first-order valence-electron chi connectivity index (χ1n) is 7.11. The van der Waals surface area contributed by atoms with Crippen LogP contribution in [0.4, 0.5) is 5.82 Å². The molecule has 3 rings (SSSR count). The molecule has 0 saturated heterocycles. The van der Waals surface area contributed by atoms with Crippen LogP contribution in [0.3, 0.4) is 0 Å². The summed E-state index contributed by atoms with van der Waals surface area (Å²) in [6.45, 7) is 0.460. The molecular formula is C16H19N3O2. The minimum Gasteiger partial charge on any atom is -0.497 e. The fourth-order valence-corrected chi connectivity index (χ4v) is 2.09. The van der Waals surface area contributed by atoms with Gasteiger partial charge in [-0.15, -0.1) is 0 Å². The Morgan fingerprint density at radius 3 is 2.81 bits per heavy atom. The van der Waals surface area contributed by atoms with Crippen molar-refractivity contribution in [2.45, 2.75) is 25.4 Å². The van der Waals surface area contributed by atoms with Gasteiger partial charge in [0.2, 0.25) is 5.88 Å². The number of nitrogens with zero attached hydrogens (tertiary/aromatic N) is 2. The summed E-state index contributed by atoms with van der Waals surface area (Å²) < 4.78 is 11.0. The Bertz CT molecular complexity index is 627. The molecule has 21 heavy (non-hydrogen) atoms. The van der Waals surface area contributed by atoms with E-state index in [1.807, 2.05) is 37.4 Å². The van der Waals surface area contributed by atoms with Crippen molar-refractivity contribution in [2.75, 3.05) is 19.5 Å². The summed E-state index contributed by atoms with van der Waals surface area (Å²) in [7, 11) is 3.51. The van der Waals surface area contributed by atoms with Crippen LogP contribution in [-0.4, -0.2) is 24.1 Å². The van der Waals surface area contributed by atoms with Crippen molar-refractivity contribution in [1.82, 2.24) is 9.97 Å². The first-order valence-corrected chi connectivity index (χ1v) is 7.11. The van der Waals surface area contributed by atoms with E-state index in [9.17, 15) is 0 Å². The maximum Gasteiger partial charge on any atom is 0.219 e. The second-order valence-electron chi connectivity index (χ2n) is 5.11. The van der Waals surface area contributed by atoms with E-state index in [0.717, 1.165) is 23.0 Å². The zero-order valence-corrected chi connectivity index (χ0v) is 12.3. The third-order valence-corrected chi connectivity index (χ3v) is 3.44. The second-order valence-corrected chi connectivity index (χ2v) is 5.11. The van der Waals surface area contributed by atoms with E-state index in [-0.39, 0.29) is 0 Å². The summed E-state index contributed by atoms with van der Waals surface area (Å²) in [4.78, 5) is 8.97. The number of hydrogen-bond donors (Lipinski definition) is 1. The number of anilines is 1. The molecular weight excluding hydrogens is 266 g/mol. The Morgan fingerprint density at radius 1 is 1.24 bits per heavy atom. The van der Waals surface area contributed by atoms with Crippen molar-refractivity contribution in [3.05, 3.63) is 41.7 Å². The summed E-state index contributed by atoms with van der Waals surface area (Å²) in [5.41, 5.74) is 1.05. The highest BCUT2D eigenvalue weighted by atomic mass is 16.5. The fourth-order valence-electron chi connectivity index (χ4n) is 2.09. The number of benzene rings is 1. The molecule has 0 radical (unpaired) electrons. The molecule has 0 atom stereocenters. The zero-order chi connectivity index (χ0) is 14.7. The maximum atomic E-state index is 5.81. The van der Waals surface area contributed by atoms with Gasteiger partial charge in [-0.2, -0.15) is 4.98 Å². The lowest BCUT2D eigenvalue weighted by atomic mass is 10.2. The Morgan fingerprint density at radius 2 is 2.10 bits per heavy atom. The molecule has 5 heteroatoms. The first-order chi connectivity index (χ1) is 10.3. The second kappa shape index (κ2) is 5.99. The third-order valence-electron chi connectivity index (χ3n) is 3.44. The van der Waals surface area contributed by atoms with Crippen molar-refractivity contribution in [2.24, 2.45) is 0 Å². The lowest BCUT2D eigenvalue weighted by Crippen LogP contribution is -2.03. The molecule has 1 aliphatic rings. The smallest absolute Gasteiger partial charge is 0.219 e. The van der Waals surface area contributed by atoms with Gasteiger partial charge >= 0.3 is 0 Å². The van der Waals surface area contributed by atoms with E-state index in [1.54, 1.807) is 7.11 Å². The van der Waals surface area contributed by atoms with Crippen molar-refractivity contribution >= 4 is 5.82 Å². The highest BCUT2D eigenvalue weighted by molar-refractivity contribution is 5.38. The minimum absolute atomic E-state index is 0.460. The molecule has 0 aliphatic heterocycles. The molecule has 0 bridgehead atoms. The van der Waals surface area contributed by atoms with E-state index in [1.165, 1.54) is 12.8 Å². The van der Waals surface area contributed by atoms with E-state index >= 15 is 0 Å². The van der Waals surface area contributed by atoms with E-state index in [2.05, 4.69) is 15.3 Å². The molecule has 0 amide bonds. The Balaban J connectivity index is 1.73. The highest BCUT2D eigenvalue weighted by Gasteiger charge is 2.27. The number of aromatic nitrogens is 2. The van der Waals surface area contributed by atoms with Crippen LogP contribution in [0, 0.1) is 0 Å². The van der Waals surface area contributed by atoms with E-state index in [0.29, 0.717) is 18.4 Å². The predicted molar refractivity (Wildman–Crippen MR) is 80.9 cm³/mol. The van der Waals surface area contributed by atoms with E-state index in [4.69, 9.17) is 9.47 Å². The monoisotopic (exact) mass is 285 g/mol. The largest absolute Gasteiger partial charge is 0.497 e. The van der Waals surface area contributed by atoms with Crippen LogP contribution in [0.25, 0.3) is 0 Å². The van der Waals surface area contributed by atoms with Gasteiger partial charge in [0, 0.05) is 19.0 Å². The van der Waals surface area contributed by atoms with Crippen LogP contribution in [-0.2, 0) is 6.61 Å². The van der Waals surface area contributed by atoms with Crippen LogP contribution in [0.2, 0.25) is 0 Å². The van der Waals surface area contributed by atoms with Crippen molar-refractivity contribution in [3.8, 4) is 11.6 Å². The van der Waals surface area contributed by atoms with Gasteiger partial charge < -0.3 is 14.8 Å². The summed E-state index contributed by atoms with van der Waals surface area (Å²) in [5, 5.41) is 3.06. The van der Waals surface area contributed by atoms with Gasteiger partial charge in [0.05, 0.1) is 7.11 Å². The third kappa shape index (κ3) is 3.42. The number of methoxy groups -OCH3 is 1. The topological polar surface area (TPSA) is 56.3 Å². The quantitative estimate of drug-likeness (QED) is 0.884. The van der Waals surface area contributed by atoms with Gasteiger partial charge in [-0.3, -0.25) is 0 Å². The van der Waals surface area contributed by atoms with Crippen molar-refractivity contribution in [3.63, 3.8) is 0 Å². The molecule has 1 aromatic carbocycles. The molecule has 1 N–H and O–H groups in total. The van der Waals surface area contributed by atoms with E-state index < -0.39 is 0 Å². The predicted octanol–water partition coefficient (Wildman–Crippen LogP) is 2.98. The zero-order valence-electron chi connectivity index (χ0n) is 12.3. The Labute approximate surface area is 124 Å². The minimum atomic E-state index is 0.460. The SMILES string of the molecule is CNc1cc(OCc2cccc(OC)c2)nc(C2CC2)n1. The first kappa shape index (κ1) is 13.7. The lowest BCUT2D eigenvalue weighted by Gasteiger charge is -2.09. The summed E-state index contributed by atoms with van der Waals surface area (Å²) >= 11 is 0. The van der Waals surface area contributed by atoms with Crippen LogP contribution >= 0.6 is 0 Å². The average molecular weight is 285 g/mol. The van der Waals surface area contributed by atoms with Gasteiger partial charge in [0.1, 0.15) is 24.0 Å². The number of nitrogens with one attached hydrogen (secondary N) is 1. The molecule has 5 nitrogen and oxygen atoms in total. The summed E-state index contributed by atoms with van der Waals surface area (Å²) in [6.07, 6.45) is 2.34. The number of hydrogen-bond acceptors (Lipinski definition) is 5. The van der Waals surface area contributed by atoms with Gasteiger partial charge in [-0.05, 0) is 30.5 Å². The van der Waals surface area contributed by atoms with Crippen LogP contribution in [0.5, 0.6) is 11.6 Å². The molecule has 2 aromatic rings. The van der Waals surface area contributed by atoms with Gasteiger partial charge in [0.15, 0.2) is 0 Å². The molecule has 0 unspecified atom stereocenters. The standard InChI is InChI=1S/C16H19N3O2/c1-17-14-9-15(19-16(18-14)12-6-7-12)21-10-11-4-3-5-13(8-11)20-2/h3-5,8-9,12H,6-7,10H2,1-2H3,(H,17,18,19). The van der Waals surface area contributed by atoms with Crippen LogP contribution < -0.4 is 14.8 Å². The van der Waals surface area contributed by atoms with Crippen molar-refractivity contribution < 1.29 is 9.47 Å². The molecule has 110 valence electrons. The molecule has 1 saturated carbocycles. The van der Waals surface area contributed by atoms with Gasteiger partial charge in [-0.25, -0.2) is 4.98 Å². The molecule has 0 spiro atoms. The van der Waals surface area contributed by atoms with Gasteiger partial charge in [0.25, 0.3) is 0 Å². The lowest BCUT2D eigenvalue weighted by molar-refractivity contribution is 0.291. The van der Waals surface area contributed by atoms with Crippen LogP contribution in [0.1, 0.15) is 30.1 Å². The summed E-state index contributed by atoms with van der Waals surface area (Å²) in [6, 6.07) is 9.66. The molecule has 1 heterocycles. The number of rotatable bonds is 6. The van der Waals surface area contributed by atoms with Crippen LogP contribution in [0.15, 0.2) is 30.3 Å². The number of ether oxygens (including phenoxy) is 2. The molecule has 1 aliphatic carbocycles. The Kier molecular flexibility index (Phi) is 3.90. The average Bonchev–Trinajstić information content (AvgIpc) is 3.37. The molecule has 1 fully saturated rings. The normalized spacial score (nSPS) is 13.8. The maximum absolute atomic E-state index is 5.81. The van der Waals surface area contributed by atoms with Crippen molar-refractivity contribution in [1.29, 1.82) is 0 Å². The molecule has 1 aromatic heterocycles. The fraction of sp³-hybridized carbons (Fsp3) is 0.375. The highest BCUT2D eigenvalue weighted by Crippen LogP contribution is 2.39.